The van der Waals surface area contributed by atoms with Gasteiger partial charge in [0.15, 0.2) is 17.2 Å². The van der Waals surface area contributed by atoms with Gasteiger partial charge in [-0.2, -0.15) is 0 Å². The zero-order valence-electron chi connectivity index (χ0n) is 16.8. The van der Waals surface area contributed by atoms with Gasteiger partial charge >= 0.3 is 0 Å². The number of furan rings is 1. The van der Waals surface area contributed by atoms with E-state index in [4.69, 9.17) is 8.83 Å². The lowest BCUT2D eigenvalue weighted by molar-refractivity contribution is -0.138. The standard InChI is InChI=1S/C23H25N3O4/c27-22(17-9-13-26(14-10-17)23(28)20-6-3-15-29-20)25-11-7-16(8-12-25)21-24-18-4-1-2-5-19(18)30-21/h1-6,15-17H,7-14H2. The summed E-state index contributed by atoms with van der Waals surface area (Å²) in [7, 11) is 0. The third-order valence-electron chi connectivity index (χ3n) is 6.33. The summed E-state index contributed by atoms with van der Waals surface area (Å²) < 4.78 is 11.1. The van der Waals surface area contributed by atoms with Crippen molar-refractivity contribution in [1.29, 1.82) is 0 Å². The van der Waals surface area contributed by atoms with Crippen molar-refractivity contribution in [3.05, 3.63) is 54.3 Å². The second kappa shape index (κ2) is 7.97. The van der Waals surface area contributed by atoms with Crippen molar-refractivity contribution in [2.24, 2.45) is 5.92 Å². The molecule has 3 aromatic rings. The number of nitrogens with zero attached hydrogens (tertiary/aromatic N) is 3. The number of para-hydroxylation sites is 2. The van der Waals surface area contributed by atoms with Crippen molar-refractivity contribution in [2.45, 2.75) is 31.6 Å². The minimum Gasteiger partial charge on any atom is -0.459 e. The molecular weight excluding hydrogens is 382 g/mol. The second-order valence-electron chi connectivity index (χ2n) is 8.16. The molecule has 156 valence electrons. The summed E-state index contributed by atoms with van der Waals surface area (Å²) in [5, 5.41) is 0. The van der Waals surface area contributed by atoms with Crippen LogP contribution in [0, 0.1) is 5.92 Å². The first-order valence-corrected chi connectivity index (χ1v) is 10.7. The molecule has 2 saturated heterocycles. The molecule has 0 N–H and O–H groups in total. The van der Waals surface area contributed by atoms with Crippen LogP contribution >= 0.6 is 0 Å². The Morgan fingerprint density at radius 1 is 0.900 bits per heavy atom. The van der Waals surface area contributed by atoms with Gasteiger partial charge in [-0.1, -0.05) is 12.1 Å². The van der Waals surface area contributed by atoms with Gasteiger partial charge in [0.05, 0.1) is 6.26 Å². The normalized spacial score (nSPS) is 18.8. The summed E-state index contributed by atoms with van der Waals surface area (Å²) in [4.78, 5) is 33.8. The van der Waals surface area contributed by atoms with Gasteiger partial charge in [-0.05, 0) is 49.9 Å². The average molecular weight is 407 g/mol. The van der Waals surface area contributed by atoms with Crippen molar-refractivity contribution < 1.29 is 18.4 Å². The van der Waals surface area contributed by atoms with E-state index in [0.29, 0.717) is 31.7 Å². The van der Waals surface area contributed by atoms with Gasteiger partial charge < -0.3 is 18.6 Å². The summed E-state index contributed by atoms with van der Waals surface area (Å²) in [6, 6.07) is 11.2. The van der Waals surface area contributed by atoms with Gasteiger partial charge in [0.1, 0.15) is 5.52 Å². The van der Waals surface area contributed by atoms with Crippen molar-refractivity contribution in [1.82, 2.24) is 14.8 Å². The number of rotatable bonds is 3. The summed E-state index contributed by atoms with van der Waals surface area (Å²) >= 11 is 0. The number of aromatic nitrogens is 1. The molecule has 7 nitrogen and oxygen atoms in total. The maximum Gasteiger partial charge on any atom is 0.289 e. The lowest BCUT2D eigenvalue weighted by Crippen LogP contribution is -2.46. The summed E-state index contributed by atoms with van der Waals surface area (Å²) in [6.07, 6.45) is 4.66. The number of hydrogen-bond acceptors (Lipinski definition) is 5. The van der Waals surface area contributed by atoms with Gasteiger partial charge in [0, 0.05) is 38.0 Å². The van der Waals surface area contributed by atoms with Crippen LogP contribution in [-0.4, -0.2) is 52.8 Å². The summed E-state index contributed by atoms with van der Waals surface area (Å²) in [5.41, 5.74) is 1.71. The second-order valence-corrected chi connectivity index (χ2v) is 8.16. The van der Waals surface area contributed by atoms with E-state index in [1.54, 1.807) is 17.0 Å². The van der Waals surface area contributed by atoms with Crippen molar-refractivity contribution in [3.8, 4) is 0 Å². The number of hydrogen-bond donors (Lipinski definition) is 0. The highest BCUT2D eigenvalue weighted by atomic mass is 16.3. The van der Waals surface area contributed by atoms with Crippen LogP contribution in [0.15, 0.2) is 51.5 Å². The monoisotopic (exact) mass is 407 g/mol. The molecule has 0 saturated carbocycles. The molecule has 5 rings (SSSR count). The Morgan fingerprint density at radius 2 is 1.63 bits per heavy atom. The molecule has 0 atom stereocenters. The molecule has 0 bridgehead atoms. The Kier molecular flexibility index (Phi) is 5.02. The molecule has 0 aliphatic carbocycles. The van der Waals surface area contributed by atoms with Crippen LogP contribution in [0.5, 0.6) is 0 Å². The van der Waals surface area contributed by atoms with E-state index in [2.05, 4.69) is 4.98 Å². The highest BCUT2D eigenvalue weighted by molar-refractivity contribution is 5.91. The number of carbonyl (C=O) groups is 2. The molecule has 7 heteroatoms. The molecular formula is C23H25N3O4. The van der Waals surface area contributed by atoms with Crippen LogP contribution in [0.1, 0.15) is 48.0 Å². The molecule has 1 aromatic carbocycles. The highest BCUT2D eigenvalue weighted by Gasteiger charge is 2.33. The van der Waals surface area contributed by atoms with E-state index in [-0.39, 0.29) is 23.7 Å². The smallest absolute Gasteiger partial charge is 0.289 e. The number of benzene rings is 1. The van der Waals surface area contributed by atoms with Crippen LogP contribution in [0.2, 0.25) is 0 Å². The summed E-state index contributed by atoms with van der Waals surface area (Å²) in [6.45, 7) is 2.64. The molecule has 4 heterocycles. The van der Waals surface area contributed by atoms with Crippen LogP contribution in [-0.2, 0) is 4.79 Å². The largest absolute Gasteiger partial charge is 0.459 e. The van der Waals surface area contributed by atoms with E-state index >= 15 is 0 Å². The predicted octanol–water partition coefficient (Wildman–Crippen LogP) is 3.68. The topological polar surface area (TPSA) is 79.8 Å². The molecule has 2 amide bonds. The molecule has 2 fully saturated rings. The summed E-state index contributed by atoms with van der Waals surface area (Å²) in [5.74, 6) is 1.52. The van der Waals surface area contributed by atoms with Gasteiger partial charge in [0.2, 0.25) is 5.91 Å². The molecule has 2 aromatic heterocycles. The fourth-order valence-corrected chi connectivity index (χ4v) is 4.56. The third-order valence-corrected chi connectivity index (χ3v) is 6.33. The lowest BCUT2D eigenvalue weighted by atomic mass is 9.92. The van der Waals surface area contributed by atoms with E-state index < -0.39 is 0 Å². The fourth-order valence-electron chi connectivity index (χ4n) is 4.56. The third kappa shape index (κ3) is 3.60. The van der Waals surface area contributed by atoms with Crippen molar-refractivity contribution in [2.75, 3.05) is 26.2 Å². The van der Waals surface area contributed by atoms with E-state index in [0.717, 1.165) is 42.9 Å². The first kappa shape index (κ1) is 18.9. The number of fused-ring (bicyclic) bond motifs is 1. The highest BCUT2D eigenvalue weighted by Crippen LogP contribution is 2.31. The zero-order chi connectivity index (χ0) is 20.5. The Hall–Kier alpha value is -3.09. The molecule has 0 unspecified atom stereocenters. The minimum atomic E-state index is -0.0925. The van der Waals surface area contributed by atoms with E-state index in [1.807, 2.05) is 29.2 Å². The van der Waals surface area contributed by atoms with Crippen LogP contribution in [0.25, 0.3) is 11.1 Å². The number of likely N-dealkylation sites (tertiary alicyclic amines) is 2. The zero-order valence-corrected chi connectivity index (χ0v) is 16.8. The first-order chi connectivity index (χ1) is 14.7. The SMILES string of the molecule is O=C(c1ccco1)N1CCC(C(=O)N2CCC(c3nc4ccccc4o3)CC2)CC1. The molecule has 2 aliphatic heterocycles. The van der Waals surface area contributed by atoms with Gasteiger partial charge in [-0.15, -0.1) is 0 Å². The van der Waals surface area contributed by atoms with E-state index in [1.165, 1.54) is 6.26 Å². The van der Waals surface area contributed by atoms with Crippen LogP contribution in [0.3, 0.4) is 0 Å². The molecule has 0 spiro atoms. The molecule has 0 radical (unpaired) electrons. The molecule has 30 heavy (non-hydrogen) atoms. The molecule has 2 aliphatic rings. The van der Waals surface area contributed by atoms with Crippen molar-refractivity contribution >= 4 is 22.9 Å². The Morgan fingerprint density at radius 3 is 2.33 bits per heavy atom. The first-order valence-electron chi connectivity index (χ1n) is 10.7. The predicted molar refractivity (Wildman–Crippen MR) is 110 cm³/mol. The lowest BCUT2D eigenvalue weighted by Gasteiger charge is -2.36. The Balaban J connectivity index is 1.14. The number of carbonyl (C=O) groups excluding carboxylic acids is 2. The van der Waals surface area contributed by atoms with Crippen molar-refractivity contribution in [3.63, 3.8) is 0 Å². The maximum atomic E-state index is 13.0. The fraction of sp³-hybridized carbons (Fsp3) is 0.435. The van der Waals surface area contributed by atoms with Gasteiger partial charge in [0.25, 0.3) is 5.91 Å². The van der Waals surface area contributed by atoms with E-state index in [9.17, 15) is 9.59 Å². The number of amides is 2. The van der Waals surface area contributed by atoms with Gasteiger partial charge in [-0.3, -0.25) is 9.59 Å². The quantitative estimate of drug-likeness (QED) is 0.662. The minimum absolute atomic E-state index is 0.00785. The van der Waals surface area contributed by atoms with Gasteiger partial charge in [-0.25, -0.2) is 4.98 Å². The van der Waals surface area contributed by atoms with Crippen LogP contribution in [0.4, 0.5) is 0 Å². The maximum absolute atomic E-state index is 13.0. The number of piperidine rings is 2. The Bertz CT molecular complexity index is 993. The number of oxazole rings is 1. The average Bonchev–Trinajstić information content (AvgIpc) is 3.48. The van der Waals surface area contributed by atoms with Crippen LogP contribution < -0.4 is 0 Å². The Labute approximate surface area is 174 Å².